The van der Waals surface area contributed by atoms with Gasteiger partial charge < -0.3 is 10.6 Å². The van der Waals surface area contributed by atoms with Crippen LogP contribution in [-0.2, 0) is 11.3 Å². The van der Waals surface area contributed by atoms with Crippen LogP contribution in [0.15, 0.2) is 12.4 Å². The van der Waals surface area contributed by atoms with Gasteiger partial charge in [0.05, 0.1) is 12.7 Å². The van der Waals surface area contributed by atoms with Gasteiger partial charge in [-0.2, -0.15) is 0 Å². The quantitative estimate of drug-likeness (QED) is 0.768. The van der Waals surface area contributed by atoms with Crippen molar-refractivity contribution in [1.29, 1.82) is 0 Å². The highest BCUT2D eigenvalue weighted by atomic mass is 16.1. The Morgan fingerprint density at radius 3 is 3.29 bits per heavy atom. The Hall–Kier alpha value is -1.43. The van der Waals surface area contributed by atoms with E-state index < -0.39 is 0 Å². The van der Waals surface area contributed by atoms with Crippen LogP contribution >= 0.6 is 0 Å². The Balaban J connectivity index is 1.69. The molecule has 17 heavy (non-hydrogen) atoms. The highest BCUT2D eigenvalue weighted by molar-refractivity contribution is 5.76. The normalized spacial score (nSPS) is 20.8. The smallest absolute Gasteiger partial charge is 0.222 e. The lowest BCUT2D eigenvalue weighted by atomic mass is 10.1. The fraction of sp³-hybridized carbons (Fsp3) is 0.727. The van der Waals surface area contributed by atoms with E-state index in [9.17, 15) is 4.79 Å². The SMILES string of the molecule is O=C(CCn1ccnn1)NC1CCCCNC1. The average Bonchev–Trinajstić information content (AvgIpc) is 2.72. The minimum atomic E-state index is 0.0919. The Kier molecular flexibility index (Phi) is 4.49. The van der Waals surface area contributed by atoms with Crippen molar-refractivity contribution in [3.63, 3.8) is 0 Å². The van der Waals surface area contributed by atoms with Gasteiger partial charge in [-0.3, -0.25) is 9.48 Å². The number of nitrogens with zero attached hydrogens (tertiary/aromatic N) is 3. The summed E-state index contributed by atoms with van der Waals surface area (Å²) in [5.41, 5.74) is 0. The Labute approximate surface area is 101 Å². The Morgan fingerprint density at radius 1 is 1.53 bits per heavy atom. The van der Waals surface area contributed by atoms with Crippen molar-refractivity contribution in [2.24, 2.45) is 0 Å². The predicted octanol–water partition coefficient (Wildman–Crippen LogP) is -0.0735. The summed E-state index contributed by atoms with van der Waals surface area (Å²) >= 11 is 0. The first-order chi connectivity index (χ1) is 8.34. The largest absolute Gasteiger partial charge is 0.352 e. The fourth-order valence-electron chi connectivity index (χ4n) is 2.01. The van der Waals surface area contributed by atoms with E-state index in [1.807, 2.05) is 0 Å². The van der Waals surface area contributed by atoms with Gasteiger partial charge in [0.2, 0.25) is 5.91 Å². The van der Waals surface area contributed by atoms with Crippen molar-refractivity contribution in [1.82, 2.24) is 25.6 Å². The first-order valence-electron chi connectivity index (χ1n) is 6.19. The maximum Gasteiger partial charge on any atom is 0.222 e. The molecular formula is C11H19N5O. The van der Waals surface area contributed by atoms with Crippen LogP contribution < -0.4 is 10.6 Å². The summed E-state index contributed by atoms with van der Waals surface area (Å²) in [4.78, 5) is 11.7. The number of amides is 1. The molecule has 0 aromatic carbocycles. The molecule has 1 atom stereocenters. The van der Waals surface area contributed by atoms with Crippen molar-refractivity contribution in [3.8, 4) is 0 Å². The lowest BCUT2D eigenvalue weighted by Crippen LogP contribution is -2.41. The molecule has 0 aliphatic carbocycles. The standard InChI is InChI=1S/C11H19N5O/c17-11(4-7-16-8-6-13-15-16)14-10-3-1-2-5-12-9-10/h6,8,10,12H,1-5,7,9H2,(H,14,17). The summed E-state index contributed by atoms with van der Waals surface area (Å²) in [5, 5.41) is 13.9. The molecule has 2 rings (SSSR count). The highest BCUT2D eigenvalue weighted by Gasteiger charge is 2.14. The van der Waals surface area contributed by atoms with Crippen LogP contribution in [0.2, 0.25) is 0 Å². The van der Waals surface area contributed by atoms with Gasteiger partial charge >= 0.3 is 0 Å². The summed E-state index contributed by atoms with van der Waals surface area (Å²) in [5.74, 6) is 0.0919. The van der Waals surface area contributed by atoms with Gasteiger partial charge in [0.25, 0.3) is 0 Å². The molecule has 0 bridgehead atoms. The first kappa shape index (κ1) is 12.0. The van der Waals surface area contributed by atoms with Gasteiger partial charge in [-0.05, 0) is 19.4 Å². The molecule has 2 heterocycles. The third-order valence-electron chi connectivity index (χ3n) is 2.95. The molecule has 94 valence electrons. The van der Waals surface area contributed by atoms with Crippen LogP contribution in [-0.4, -0.2) is 40.0 Å². The second-order valence-corrected chi connectivity index (χ2v) is 4.38. The average molecular weight is 237 g/mol. The first-order valence-corrected chi connectivity index (χ1v) is 6.19. The summed E-state index contributed by atoms with van der Waals surface area (Å²) in [6, 6.07) is 0.278. The second-order valence-electron chi connectivity index (χ2n) is 4.38. The molecule has 1 fully saturated rings. The van der Waals surface area contributed by atoms with Crippen molar-refractivity contribution >= 4 is 5.91 Å². The number of hydrogen-bond acceptors (Lipinski definition) is 4. The fourth-order valence-corrected chi connectivity index (χ4v) is 2.01. The molecule has 1 aromatic heterocycles. The van der Waals surface area contributed by atoms with E-state index in [1.165, 1.54) is 12.8 Å². The van der Waals surface area contributed by atoms with Gasteiger partial charge in [-0.25, -0.2) is 0 Å². The van der Waals surface area contributed by atoms with Crippen molar-refractivity contribution in [2.75, 3.05) is 13.1 Å². The number of nitrogens with one attached hydrogen (secondary N) is 2. The van der Waals surface area contributed by atoms with Crippen LogP contribution in [0.1, 0.15) is 25.7 Å². The van der Waals surface area contributed by atoms with Crippen LogP contribution in [0.25, 0.3) is 0 Å². The number of aromatic nitrogens is 3. The van der Waals surface area contributed by atoms with E-state index in [4.69, 9.17) is 0 Å². The number of aryl methyl sites for hydroxylation is 1. The minimum Gasteiger partial charge on any atom is -0.352 e. The lowest BCUT2D eigenvalue weighted by molar-refractivity contribution is -0.122. The molecule has 1 amide bonds. The van der Waals surface area contributed by atoms with Crippen molar-refractivity contribution in [2.45, 2.75) is 38.3 Å². The number of rotatable bonds is 4. The molecule has 0 saturated carbocycles. The molecule has 6 heteroatoms. The molecule has 6 nitrogen and oxygen atoms in total. The maximum atomic E-state index is 11.7. The zero-order valence-electron chi connectivity index (χ0n) is 9.93. The zero-order valence-corrected chi connectivity index (χ0v) is 9.93. The van der Waals surface area contributed by atoms with E-state index in [0.717, 1.165) is 19.5 Å². The van der Waals surface area contributed by atoms with E-state index in [1.54, 1.807) is 17.1 Å². The van der Waals surface area contributed by atoms with E-state index in [2.05, 4.69) is 20.9 Å². The maximum absolute atomic E-state index is 11.7. The Morgan fingerprint density at radius 2 is 2.47 bits per heavy atom. The summed E-state index contributed by atoms with van der Waals surface area (Å²) in [6.07, 6.45) is 7.29. The third kappa shape index (κ3) is 4.14. The molecule has 1 saturated heterocycles. The molecule has 1 aliphatic heterocycles. The number of hydrogen-bond donors (Lipinski definition) is 2. The Bertz CT molecular complexity index is 330. The number of carbonyl (C=O) groups is 1. The molecule has 0 radical (unpaired) electrons. The van der Waals surface area contributed by atoms with Crippen LogP contribution in [0, 0.1) is 0 Å². The van der Waals surface area contributed by atoms with Crippen molar-refractivity contribution < 1.29 is 4.79 Å². The predicted molar refractivity (Wildman–Crippen MR) is 63.3 cm³/mol. The van der Waals surface area contributed by atoms with Gasteiger partial charge in [0.1, 0.15) is 0 Å². The summed E-state index contributed by atoms with van der Waals surface area (Å²) in [7, 11) is 0. The summed E-state index contributed by atoms with van der Waals surface area (Å²) < 4.78 is 1.67. The van der Waals surface area contributed by atoms with Gasteiger partial charge in [0.15, 0.2) is 0 Å². The molecule has 2 N–H and O–H groups in total. The zero-order chi connectivity index (χ0) is 11.9. The molecule has 1 aliphatic rings. The van der Waals surface area contributed by atoms with Gasteiger partial charge in [-0.1, -0.05) is 11.6 Å². The molecule has 1 aromatic rings. The molecular weight excluding hydrogens is 218 g/mol. The van der Waals surface area contributed by atoms with E-state index in [0.29, 0.717) is 13.0 Å². The van der Waals surface area contributed by atoms with Crippen LogP contribution in [0.4, 0.5) is 0 Å². The molecule has 0 spiro atoms. The topological polar surface area (TPSA) is 71.8 Å². The second kappa shape index (κ2) is 6.34. The van der Waals surface area contributed by atoms with Crippen molar-refractivity contribution in [3.05, 3.63) is 12.4 Å². The van der Waals surface area contributed by atoms with E-state index in [-0.39, 0.29) is 11.9 Å². The van der Waals surface area contributed by atoms with E-state index >= 15 is 0 Å². The number of carbonyl (C=O) groups excluding carboxylic acids is 1. The highest BCUT2D eigenvalue weighted by Crippen LogP contribution is 2.04. The van der Waals surface area contributed by atoms with Gasteiger partial charge in [-0.15, -0.1) is 5.10 Å². The van der Waals surface area contributed by atoms with Gasteiger partial charge in [0, 0.05) is 25.2 Å². The molecule has 1 unspecified atom stereocenters. The summed E-state index contributed by atoms with van der Waals surface area (Å²) in [6.45, 7) is 2.53. The minimum absolute atomic E-state index is 0.0919. The van der Waals surface area contributed by atoms with Crippen LogP contribution in [0.5, 0.6) is 0 Å². The monoisotopic (exact) mass is 237 g/mol. The van der Waals surface area contributed by atoms with Crippen LogP contribution in [0.3, 0.4) is 0 Å². The third-order valence-corrected chi connectivity index (χ3v) is 2.95. The lowest BCUT2D eigenvalue weighted by Gasteiger charge is -2.16.